The zero-order valence-electron chi connectivity index (χ0n) is 36.6. The second-order valence-corrected chi connectivity index (χ2v) is 16.6. The third kappa shape index (κ3) is 26.0. The average molecular weight is 846 g/mol. The van der Waals surface area contributed by atoms with Gasteiger partial charge in [0, 0.05) is 32.2 Å². The number of unbranched alkanes of at least 4 members (excludes halogenated alkanes) is 7. The first-order chi connectivity index (χ1) is 28.6. The number of nitrogens with two attached hydrogens (primary N) is 1. The van der Waals surface area contributed by atoms with Crippen LogP contribution in [0.15, 0.2) is 65.2 Å². The van der Waals surface area contributed by atoms with Crippen LogP contribution in [0, 0.1) is 13.8 Å². The van der Waals surface area contributed by atoms with E-state index in [1.807, 2.05) is 12.2 Å². The Bertz CT molecular complexity index is 1500. The Morgan fingerprint density at radius 1 is 0.712 bits per heavy atom. The minimum absolute atomic E-state index is 0.0312. The number of epoxide rings is 1. The van der Waals surface area contributed by atoms with Crippen LogP contribution >= 0.6 is 7.82 Å². The van der Waals surface area contributed by atoms with Crippen molar-refractivity contribution in [3.8, 4) is 0 Å². The Morgan fingerprint density at radius 3 is 1.88 bits per heavy atom. The summed E-state index contributed by atoms with van der Waals surface area (Å²) in [6.07, 6.45) is 38.7. The van der Waals surface area contributed by atoms with Crippen molar-refractivity contribution >= 4 is 19.8 Å². The fourth-order valence-electron chi connectivity index (χ4n) is 6.39. The molecule has 1 aromatic heterocycles. The molecule has 3 unspecified atom stereocenters. The van der Waals surface area contributed by atoms with Crippen molar-refractivity contribution in [2.75, 3.05) is 26.4 Å². The van der Waals surface area contributed by atoms with Crippen LogP contribution in [-0.2, 0) is 50.3 Å². The van der Waals surface area contributed by atoms with Gasteiger partial charge < -0.3 is 29.3 Å². The lowest BCUT2D eigenvalue weighted by molar-refractivity contribution is -0.161. The van der Waals surface area contributed by atoms with Crippen molar-refractivity contribution in [1.29, 1.82) is 0 Å². The van der Waals surface area contributed by atoms with E-state index in [1.165, 1.54) is 24.0 Å². The molecular formula is C47H76NO10P. The Hall–Kier alpha value is -3.05. The molecule has 2 heterocycles. The summed E-state index contributed by atoms with van der Waals surface area (Å²) in [7, 11) is -4.42. The summed E-state index contributed by atoms with van der Waals surface area (Å²) in [4.78, 5) is 35.0. The van der Waals surface area contributed by atoms with Gasteiger partial charge in [0.25, 0.3) is 0 Å². The number of carbonyl (C=O) groups excluding carboxylic acids is 2. The molecule has 3 N–H and O–H groups in total. The topological polar surface area (TPSA) is 160 Å². The number of allylic oxidation sites excluding steroid dienone is 8. The van der Waals surface area contributed by atoms with E-state index in [0.717, 1.165) is 101 Å². The highest BCUT2D eigenvalue weighted by molar-refractivity contribution is 7.47. The SMILES string of the molecule is CC/C=C\CC1OC1C/C=C\C/C=C\C/C=C\C/C=C\CCC(=O)O[C@H](COC(=O)CCCCCCCCCCc1oc(CCC)c(C)c1C)COP(=O)(O)OCCN. The quantitative estimate of drug-likeness (QED) is 0.0217. The van der Waals surface area contributed by atoms with Gasteiger partial charge in [-0.25, -0.2) is 4.57 Å². The maximum absolute atomic E-state index is 12.6. The van der Waals surface area contributed by atoms with Crippen LogP contribution in [0.5, 0.6) is 0 Å². The van der Waals surface area contributed by atoms with Crippen molar-refractivity contribution in [2.24, 2.45) is 5.73 Å². The lowest BCUT2D eigenvalue weighted by atomic mass is 10.0. The van der Waals surface area contributed by atoms with E-state index in [1.54, 1.807) is 0 Å². The number of carbonyl (C=O) groups is 2. The molecule has 0 spiro atoms. The molecule has 0 amide bonds. The first-order valence-corrected chi connectivity index (χ1v) is 23.7. The fraction of sp³-hybridized carbons (Fsp3) is 0.660. The number of furan rings is 1. The number of phosphoric acid groups is 1. The van der Waals surface area contributed by atoms with Gasteiger partial charge >= 0.3 is 19.8 Å². The van der Waals surface area contributed by atoms with Crippen LogP contribution in [0.25, 0.3) is 0 Å². The van der Waals surface area contributed by atoms with E-state index in [0.29, 0.717) is 25.0 Å². The Labute approximate surface area is 355 Å². The first kappa shape index (κ1) is 52.1. The lowest BCUT2D eigenvalue weighted by Crippen LogP contribution is -2.29. The molecule has 0 aliphatic carbocycles. The van der Waals surface area contributed by atoms with Gasteiger partial charge in [-0.3, -0.25) is 18.6 Å². The van der Waals surface area contributed by atoms with E-state index in [9.17, 15) is 19.0 Å². The number of ether oxygens (including phenoxy) is 3. The first-order valence-electron chi connectivity index (χ1n) is 22.2. The van der Waals surface area contributed by atoms with Gasteiger partial charge in [0.2, 0.25) is 0 Å². The monoisotopic (exact) mass is 846 g/mol. The largest absolute Gasteiger partial charge is 0.472 e. The van der Waals surface area contributed by atoms with Gasteiger partial charge in [-0.2, -0.15) is 0 Å². The minimum atomic E-state index is -4.42. The van der Waals surface area contributed by atoms with Crippen LogP contribution in [0.2, 0.25) is 0 Å². The second kappa shape index (κ2) is 32.7. The number of esters is 2. The molecule has 334 valence electrons. The highest BCUT2D eigenvalue weighted by Crippen LogP contribution is 2.43. The van der Waals surface area contributed by atoms with Crippen LogP contribution < -0.4 is 5.73 Å². The third-order valence-corrected chi connectivity index (χ3v) is 11.0. The summed E-state index contributed by atoms with van der Waals surface area (Å²) in [5.41, 5.74) is 7.97. The maximum Gasteiger partial charge on any atom is 0.472 e. The zero-order chi connectivity index (χ0) is 43.0. The molecule has 2 rings (SSSR count). The molecular weight excluding hydrogens is 769 g/mol. The van der Waals surface area contributed by atoms with Crippen molar-refractivity contribution in [3.63, 3.8) is 0 Å². The number of rotatable bonds is 36. The summed E-state index contributed by atoms with van der Waals surface area (Å²) < 4.78 is 44.5. The lowest BCUT2D eigenvalue weighted by Gasteiger charge is -2.19. The van der Waals surface area contributed by atoms with Crippen LogP contribution in [0.4, 0.5) is 0 Å². The molecule has 1 fully saturated rings. The summed E-state index contributed by atoms with van der Waals surface area (Å²) >= 11 is 0. The second-order valence-electron chi connectivity index (χ2n) is 15.2. The smallest absolute Gasteiger partial charge is 0.466 e. The van der Waals surface area contributed by atoms with E-state index < -0.39 is 32.5 Å². The van der Waals surface area contributed by atoms with Crippen LogP contribution in [0.3, 0.4) is 0 Å². The van der Waals surface area contributed by atoms with Crippen LogP contribution in [0.1, 0.15) is 152 Å². The fourth-order valence-corrected chi connectivity index (χ4v) is 7.16. The molecule has 59 heavy (non-hydrogen) atoms. The molecule has 11 nitrogen and oxygen atoms in total. The molecule has 1 aliphatic heterocycles. The number of aryl methyl sites for hydroxylation is 2. The molecule has 0 aromatic carbocycles. The summed E-state index contributed by atoms with van der Waals surface area (Å²) in [5, 5.41) is 0. The standard InChI is InChI=1S/C47H76NO10P/c1-5-7-24-31-44-45(58-44)32-26-21-17-12-10-8-9-11-13-19-23-28-34-47(50)56-41(38-55-59(51,52)54-36-35-48)37-53-46(49)33-27-22-18-15-14-16-20-25-30-43-40(4)39(3)42(57-43)29-6-2/h7,9-12,19,21,23-24,26,41,44-45H,5-6,8,13-18,20,22,25,27-38,48H2,1-4H3,(H,51,52)/b11-9-,12-10-,23-19-,24-7-,26-21-/t41-,44?,45?/m1/s1. The third-order valence-electron chi connectivity index (χ3n) is 10.0. The number of hydrogen-bond acceptors (Lipinski definition) is 10. The van der Waals surface area contributed by atoms with Crippen molar-refractivity contribution in [2.45, 2.75) is 174 Å². The molecule has 0 radical (unpaired) electrons. The minimum Gasteiger partial charge on any atom is -0.466 e. The summed E-state index contributed by atoms with van der Waals surface area (Å²) in [6, 6.07) is 0. The summed E-state index contributed by atoms with van der Waals surface area (Å²) in [5.74, 6) is 1.33. The van der Waals surface area contributed by atoms with Crippen molar-refractivity contribution in [3.05, 3.63) is 83.4 Å². The van der Waals surface area contributed by atoms with E-state index in [2.05, 4.69) is 76.3 Å². The van der Waals surface area contributed by atoms with Gasteiger partial charge in [0.15, 0.2) is 6.10 Å². The molecule has 1 aliphatic rings. The van der Waals surface area contributed by atoms with E-state index in [-0.39, 0.29) is 32.6 Å². The van der Waals surface area contributed by atoms with Crippen molar-refractivity contribution < 1.29 is 46.7 Å². The van der Waals surface area contributed by atoms with Crippen molar-refractivity contribution in [1.82, 2.24) is 0 Å². The van der Waals surface area contributed by atoms with Gasteiger partial charge in [-0.1, -0.05) is 113 Å². The molecule has 1 aromatic rings. The Balaban J connectivity index is 1.58. The zero-order valence-corrected chi connectivity index (χ0v) is 37.5. The predicted octanol–water partition coefficient (Wildman–Crippen LogP) is 11.1. The maximum atomic E-state index is 12.6. The highest BCUT2D eigenvalue weighted by Gasteiger charge is 2.36. The molecule has 0 bridgehead atoms. The van der Waals surface area contributed by atoms with Gasteiger partial charge in [-0.15, -0.1) is 0 Å². The van der Waals surface area contributed by atoms with E-state index in [4.69, 9.17) is 33.4 Å². The normalized spacial score (nSPS) is 17.3. The van der Waals surface area contributed by atoms with E-state index >= 15 is 0 Å². The van der Waals surface area contributed by atoms with Crippen LogP contribution in [-0.4, -0.2) is 61.5 Å². The number of phosphoric ester groups is 1. The number of hydrogen-bond donors (Lipinski definition) is 2. The predicted molar refractivity (Wildman–Crippen MR) is 236 cm³/mol. The molecule has 0 saturated carbocycles. The van der Waals surface area contributed by atoms with Gasteiger partial charge in [0.05, 0.1) is 25.4 Å². The van der Waals surface area contributed by atoms with Gasteiger partial charge in [0.1, 0.15) is 18.1 Å². The summed E-state index contributed by atoms with van der Waals surface area (Å²) in [6.45, 7) is 7.72. The Kier molecular flexibility index (Phi) is 28.9. The molecule has 4 atom stereocenters. The highest BCUT2D eigenvalue weighted by atomic mass is 31.2. The van der Waals surface area contributed by atoms with Gasteiger partial charge in [-0.05, 0) is 89.2 Å². The molecule has 12 heteroatoms. The Morgan fingerprint density at radius 2 is 1.27 bits per heavy atom. The molecule has 1 saturated heterocycles. The average Bonchev–Trinajstić information content (AvgIpc) is 3.92.